The van der Waals surface area contributed by atoms with E-state index in [-0.39, 0.29) is 0 Å². The predicted octanol–water partition coefficient (Wildman–Crippen LogP) is 11.7. The summed E-state index contributed by atoms with van der Waals surface area (Å²) in [6.45, 7) is 14.2. The molecule has 0 saturated heterocycles. The summed E-state index contributed by atoms with van der Waals surface area (Å²) in [5.74, 6) is 7.63. The van der Waals surface area contributed by atoms with Crippen LogP contribution in [0, 0.1) is 46.3 Å². The lowest BCUT2D eigenvalue weighted by Crippen LogP contribution is -2.51. The molecular weight excluding hydrogens is 618 g/mol. The van der Waals surface area contributed by atoms with Crippen molar-refractivity contribution in [3.8, 4) is 22.8 Å². The Kier molecular flexibility index (Phi) is 10.8. The first-order valence-electron chi connectivity index (χ1n) is 19.9. The summed E-state index contributed by atoms with van der Waals surface area (Å²) >= 11 is 0. The molecule has 0 unspecified atom stereocenters. The van der Waals surface area contributed by atoms with Crippen LogP contribution in [0.5, 0.6) is 11.5 Å². The van der Waals surface area contributed by atoms with Crippen LogP contribution in [-0.4, -0.2) is 24.5 Å². The maximum absolute atomic E-state index is 6.46. The molecule has 1 heterocycles. The van der Waals surface area contributed by atoms with Crippen molar-refractivity contribution in [2.75, 3.05) is 13.2 Å². The number of aromatic nitrogens is 1. The van der Waals surface area contributed by atoms with Crippen LogP contribution in [-0.2, 0) is 11.3 Å². The van der Waals surface area contributed by atoms with Crippen LogP contribution in [0.15, 0.2) is 76.8 Å². The summed E-state index contributed by atoms with van der Waals surface area (Å²) in [5, 5.41) is 4.23. The number of fused-ring (bicyclic) bond motifs is 5. The molecule has 0 amide bonds. The van der Waals surface area contributed by atoms with Crippen molar-refractivity contribution in [2.24, 2.45) is 46.3 Å². The van der Waals surface area contributed by atoms with E-state index in [0.717, 1.165) is 64.7 Å². The van der Waals surface area contributed by atoms with Crippen LogP contribution in [0.4, 0.5) is 0 Å². The number of hydrogen-bond acceptors (Lipinski definition) is 5. The Bertz CT molecular complexity index is 1560. The van der Waals surface area contributed by atoms with Crippen molar-refractivity contribution in [2.45, 2.75) is 118 Å². The van der Waals surface area contributed by atoms with Crippen molar-refractivity contribution in [1.82, 2.24) is 5.16 Å². The largest absolute Gasteiger partial charge is 0.491 e. The van der Waals surface area contributed by atoms with Gasteiger partial charge in [-0.25, -0.2) is 0 Å². The number of hydrogen-bond donors (Lipinski definition) is 0. The summed E-state index contributed by atoms with van der Waals surface area (Å²) in [4.78, 5) is 0. The third-order valence-corrected chi connectivity index (χ3v) is 13.8. The predicted molar refractivity (Wildman–Crippen MR) is 201 cm³/mol. The van der Waals surface area contributed by atoms with Gasteiger partial charge in [-0.05, 0) is 134 Å². The van der Waals surface area contributed by atoms with Crippen molar-refractivity contribution in [3.63, 3.8) is 0 Å². The summed E-state index contributed by atoms with van der Waals surface area (Å²) in [6.07, 6.45) is 17.9. The molecule has 4 aliphatic carbocycles. The Morgan fingerprint density at radius 3 is 2.44 bits per heavy atom. The first-order valence-corrected chi connectivity index (χ1v) is 19.9. The summed E-state index contributed by atoms with van der Waals surface area (Å²) < 4.78 is 23.8. The molecule has 2 aromatic carbocycles. The molecule has 5 heteroatoms. The average molecular weight is 680 g/mol. The van der Waals surface area contributed by atoms with E-state index in [1.165, 1.54) is 64.2 Å². The minimum Gasteiger partial charge on any atom is -0.491 e. The fraction of sp³-hybridized carbons (Fsp3) is 0.622. The number of rotatable bonds is 14. The minimum atomic E-state index is 0.306. The molecule has 8 atom stereocenters. The van der Waals surface area contributed by atoms with Gasteiger partial charge in [0.25, 0.3) is 0 Å². The Morgan fingerprint density at radius 2 is 1.64 bits per heavy atom. The lowest BCUT2D eigenvalue weighted by atomic mass is 9.47. The molecular formula is C45H61NO4. The van der Waals surface area contributed by atoms with Gasteiger partial charge in [-0.1, -0.05) is 88.9 Å². The third kappa shape index (κ3) is 7.45. The smallest absolute Gasteiger partial charge is 0.174 e. The third-order valence-electron chi connectivity index (χ3n) is 13.8. The standard InChI is InChI=1S/C45H61NO4/c1-31(2)10-9-11-32(3)40-20-21-41-39-19-16-34-28-37(22-24-44(34,4)42(39)23-25-45(40,41)5)48-27-26-47-36-17-14-33(15-18-36)43-29-38(50-46-43)30-49-35-12-7-6-8-13-35/h6-8,12-18,29,31-32,37,39-42H,9-11,19-28,30H2,1-5H3/t32-,37+,39+,40-,41+,42+,44+,45-/m1/s1. The van der Waals surface area contributed by atoms with Crippen molar-refractivity contribution < 1.29 is 18.7 Å². The molecule has 50 heavy (non-hydrogen) atoms. The summed E-state index contributed by atoms with van der Waals surface area (Å²) in [5.41, 5.74) is 4.39. The van der Waals surface area contributed by atoms with E-state index in [2.05, 4.69) is 45.9 Å². The van der Waals surface area contributed by atoms with E-state index in [9.17, 15) is 0 Å². The fourth-order valence-electron chi connectivity index (χ4n) is 11.1. The monoisotopic (exact) mass is 679 g/mol. The second-order valence-electron chi connectivity index (χ2n) is 17.2. The van der Waals surface area contributed by atoms with Gasteiger partial charge in [-0.3, -0.25) is 0 Å². The van der Waals surface area contributed by atoms with Gasteiger partial charge >= 0.3 is 0 Å². The highest BCUT2D eigenvalue weighted by Crippen LogP contribution is 2.67. The average Bonchev–Trinajstić information content (AvgIpc) is 3.74. The maximum atomic E-state index is 6.46. The zero-order valence-corrected chi connectivity index (χ0v) is 31.4. The lowest BCUT2D eigenvalue weighted by Gasteiger charge is -2.58. The van der Waals surface area contributed by atoms with E-state index in [4.69, 9.17) is 18.7 Å². The summed E-state index contributed by atoms with van der Waals surface area (Å²) in [7, 11) is 0. The van der Waals surface area contributed by atoms with Gasteiger partial charge in [0.15, 0.2) is 5.76 Å². The van der Waals surface area contributed by atoms with Gasteiger partial charge < -0.3 is 18.7 Å². The molecule has 0 spiro atoms. The van der Waals surface area contributed by atoms with Crippen molar-refractivity contribution >= 4 is 0 Å². The highest BCUT2D eigenvalue weighted by Gasteiger charge is 2.59. The number of nitrogens with zero attached hydrogens (tertiary/aromatic N) is 1. The highest BCUT2D eigenvalue weighted by atomic mass is 16.5. The quantitative estimate of drug-likeness (QED) is 0.125. The molecule has 5 nitrogen and oxygen atoms in total. The topological polar surface area (TPSA) is 53.7 Å². The van der Waals surface area contributed by atoms with Crippen LogP contribution < -0.4 is 9.47 Å². The Labute approximate surface area is 301 Å². The lowest BCUT2D eigenvalue weighted by molar-refractivity contribution is -0.0653. The van der Waals surface area contributed by atoms with Gasteiger partial charge in [-0.15, -0.1) is 0 Å². The van der Waals surface area contributed by atoms with Crippen LogP contribution in [0.2, 0.25) is 0 Å². The highest BCUT2D eigenvalue weighted by molar-refractivity contribution is 5.59. The normalized spacial score (nSPS) is 31.0. The van der Waals surface area contributed by atoms with Gasteiger partial charge in [0.1, 0.15) is 30.4 Å². The zero-order valence-electron chi connectivity index (χ0n) is 31.4. The minimum absolute atomic E-state index is 0.306. The number of benzene rings is 2. The molecule has 0 bridgehead atoms. The first-order chi connectivity index (χ1) is 24.2. The first kappa shape index (κ1) is 35.4. The molecule has 3 saturated carbocycles. The fourth-order valence-corrected chi connectivity index (χ4v) is 11.1. The van der Waals surface area contributed by atoms with E-state index in [1.54, 1.807) is 5.57 Å². The second kappa shape index (κ2) is 15.3. The van der Waals surface area contributed by atoms with Crippen LogP contribution in [0.1, 0.15) is 111 Å². The number of allylic oxidation sites excluding steroid dienone is 1. The van der Waals surface area contributed by atoms with Gasteiger partial charge in [0.05, 0.1) is 12.7 Å². The van der Waals surface area contributed by atoms with Gasteiger partial charge in [0.2, 0.25) is 0 Å². The van der Waals surface area contributed by atoms with E-state index in [1.807, 2.05) is 60.7 Å². The number of ether oxygens (including phenoxy) is 3. The molecule has 1 aromatic heterocycles. The molecule has 0 N–H and O–H groups in total. The molecule has 270 valence electrons. The Morgan fingerprint density at radius 1 is 0.840 bits per heavy atom. The van der Waals surface area contributed by atoms with Crippen LogP contribution >= 0.6 is 0 Å². The zero-order chi connectivity index (χ0) is 34.7. The van der Waals surface area contributed by atoms with Gasteiger partial charge in [0, 0.05) is 11.6 Å². The SMILES string of the molecule is CC(C)CCC[C@@H](C)[C@H]1CC[C@H]2[C@@H]3CC=C4C[C@@H](OCCOc5ccc(-c6cc(COc7ccccc7)on6)cc5)CC[C@]4(C)[C@H]3CC[C@]12C. The van der Waals surface area contributed by atoms with E-state index in [0.29, 0.717) is 42.5 Å². The van der Waals surface area contributed by atoms with Crippen LogP contribution in [0.3, 0.4) is 0 Å². The molecule has 3 aromatic rings. The molecule has 0 aliphatic heterocycles. The molecule has 7 rings (SSSR count). The second-order valence-corrected chi connectivity index (χ2v) is 17.2. The van der Waals surface area contributed by atoms with Crippen molar-refractivity contribution in [1.29, 1.82) is 0 Å². The Hall–Kier alpha value is -3.05. The maximum Gasteiger partial charge on any atom is 0.174 e. The Balaban J connectivity index is 0.865. The van der Waals surface area contributed by atoms with E-state index < -0.39 is 0 Å². The van der Waals surface area contributed by atoms with Crippen LogP contribution in [0.25, 0.3) is 11.3 Å². The van der Waals surface area contributed by atoms with E-state index >= 15 is 0 Å². The number of para-hydroxylation sites is 1. The van der Waals surface area contributed by atoms with Gasteiger partial charge in [-0.2, -0.15) is 0 Å². The molecule has 3 fully saturated rings. The molecule has 4 aliphatic rings. The van der Waals surface area contributed by atoms with Crippen molar-refractivity contribution in [3.05, 3.63) is 78.1 Å². The summed E-state index contributed by atoms with van der Waals surface area (Å²) in [6, 6.07) is 19.7. The molecule has 0 radical (unpaired) electrons.